The zero-order valence-electron chi connectivity index (χ0n) is 12.4. The molecule has 5 heteroatoms. The molecule has 4 nitrogen and oxygen atoms in total. The van der Waals surface area contributed by atoms with Crippen molar-refractivity contribution in [1.29, 1.82) is 5.26 Å². The third-order valence-corrected chi connectivity index (χ3v) is 3.33. The Balaban J connectivity index is 2.80. The summed E-state index contributed by atoms with van der Waals surface area (Å²) >= 11 is 3.34. The molecule has 1 aromatic rings. The van der Waals surface area contributed by atoms with E-state index >= 15 is 0 Å². The Kier molecular flexibility index (Phi) is 7.55. The van der Waals surface area contributed by atoms with Crippen molar-refractivity contribution in [3.8, 4) is 6.07 Å². The van der Waals surface area contributed by atoms with Gasteiger partial charge in [-0.2, -0.15) is 5.26 Å². The standard InChI is InChI=1S/C16H20BrN3O/c1-3-9-20(10-4-2)12-13(11-18)16(21)19-15-7-5-14(17)6-8-15/h5-8,12H,3-4,9-10H2,1-2H3,(H,19,21)/b13-12-. The highest BCUT2D eigenvalue weighted by Crippen LogP contribution is 2.15. The first-order valence-corrected chi connectivity index (χ1v) is 7.82. The van der Waals surface area contributed by atoms with E-state index in [0.29, 0.717) is 5.69 Å². The maximum absolute atomic E-state index is 12.1. The number of amides is 1. The molecule has 21 heavy (non-hydrogen) atoms. The summed E-state index contributed by atoms with van der Waals surface area (Å²) in [5.41, 5.74) is 0.793. The smallest absolute Gasteiger partial charge is 0.267 e. The molecule has 0 saturated heterocycles. The molecular formula is C16H20BrN3O. The van der Waals surface area contributed by atoms with Crippen LogP contribution in [0.2, 0.25) is 0 Å². The molecule has 0 aliphatic rings. The largest absolute Gasteiger partial charge is 0.376 e. The van der Waals surface area contributed by atoms with Crippen LogP contribution in [0.3, 0.4) is 0 Å². The third kappa shape index (κ3) is 6.01. The number of nitrogens with one attached hydrogen (secondary N) is 1. The first-order valence-electron chi connectivity index (χ1n) is 7.03. The van der Waals surface area contributed by atoms with E-state index in [1.807, 2.05) is 23.1 Å². The van der Waals surface area contributed by atoms with Crippen LogP contribution in [0.25, 0.3) is 0 Å². The summed E-state index contributed by atoms with van der Waals surface area (Å²) in [5, 5.41) is 11.9. The molecule has 0 heterocycles. The highest BCUT2D eigenvalue weighted by Gasteiger charge is 2.11. The van der Waals surface area contributed by atoms with Gasteiger partial charge in [0.15, 0.2) is 0 Å². The van der Waals surface area contributed by atoms with Crippen LogP contribution in [0.15, 0.2) is 40.5 Å². The van der Waals surface area contributed by atoms with Gasteiger partial charge in [0.05, 0.1) is 0 Å². The van der Waals surface area contributed by atoms with E-state index in [4.69, 9.17) is 0 Å². The molecule has 1 rings (SSSR count). The monoisotopic (exact) mass is 349 g/mol. The summed E-state index contributed by atoms with van der Waals surface area (Å²) < 4.78 is 0.939. The second-order valence-electron chi connectivity index (χ2n) is 4.65. The number of halogens is 1. The van der Waals surface area contributed by atoms with Gasteiger partial charge < -0.3 is 10.2 Å². The van der Waals surface area contributed by atoms with Crippen molar-refractivity contribution in [2.24, 2.45) is 0 Å². The van der Waals surface area contributed by atoms with Crippen LogP contribution in [0.5, 0.6) is 0 Å². The van der Waals surface area contributed by atoms with Gasteiger partial charge in [-0.05, 0) is 37.1 Å². The van der Waals surface area contributed by atoms with Gasteiger partial charge in [0.2, 0.25) is 0 Å². The average Bonchev–Trinajstić information content (AvgIpc) is 2.47. The van der Waals surface area contributed by atoms with Gasteiger partial charge in [0.25, 0.3) is 5.91 Å². The van der Waals surface area contributed by atoms with E-state index in [0.717, 1.165) is 30.4 Å². The van der Waals surface area contributed by atoms with Crippen molar-refractivity contribution in [1.82, 2.24) is 4.90 Å². The highest BCUT2D eigenvalue weighted by atomic mass is 79.9. The van der Waals surface area contributed by atoms with Crippen LogP contribution in [0.1, 0.15) is 26.7 Å². The Morgan fingerprint density at radius 3 is 2.33 bits per heavy atom. The molecule has 1 aromatic carbocycles. The van der Waals surface area contributed by atoms with Crippen molar-refractivity contribution in [2.75, 3.05) is 18.4 Å². The van der Waals surface area contributed by atoms with E-state index < -0.39 is 0 Å². The molecule has 0 aromatic heterocycles. The predicted molar refractivity (Wildman–Crippen MR) is 88.6 cm³/mol. The molecule has 112 valence electrons. The summed E-state index contributed by atoms with van der Waals surface area (Å²) in [6, 6.07) is 9.23. The van der Waals surface area contributed by atoms with Crippen LogP contribution in [0.4, 0.5) is 5.69 Å². The van der Waals surface area contributed by atoms with Crippen LogP contribution >= 0.6 is 15.9 Å². The maximum Gasteiger partial charge on any atom is 0.267 e. The van der Waals surface area contributed by atoms with E-state index in [1.165, 1.54) is 0 Å². The molecule has 0 spiro atoms. The van der Waals surface area contributed by atoms with Crippen molar-refractivity contribution in [2.45, 2.75) is 26.7 Å². The minimum absolute atomic E-state index is 0.125. The summed E-state index contributed by atoms with van der Waals surface area (Å²) in [6.45, 7) is 5.82. The van der Waals surface area contributed by atoms with Crippen molar-refractivity contribution in [3.63, 3.8) is 0 Å². The molecule has 0 saturated carbocycles. The lowest BCUT2D eigenvalue weighted by Crippen LogP contribution is -2.22. The van der Waals surface area contributed by atoms with Gasteiger partial charge in [-0.3, -0.25) is 4.79 Å². The van der Waals surface area contributed by atoms with E-state index in [9.17, 15) is 10.1 Å². The van der Waals surface area contributed by atoms with Gasteiger partial charge in [-0.1, -0.05) is 29.8 Å². The lowest BCUT2D eigenvalue weighted by Gasteiger charge is -2.19. The van der Waals surface area contributed by atoms with E-state index in [2.05, 4.69) is 35.1 Å². The fourth-order valence-corrected chi connectivity index (χ4v) is 2.13. The Morgan fingerprint density at radius 1 is 1.29 bits per heavy atom. The van der Waals surface area contributed by atoms with Gasteiger partial charge in [0.1, 0.15) is 11.6 Å². The topological polar surface area (TPSA) is 56.1 Å². The number of hydrogen-bond donors (Lipinski definition) is 1. The number of carbonyl (C=O) groups excluding carboxylic acids is 1. The molecule has 0 aliphatic heterocycles. The second-order valence-corrected chi connectivity index (χ2v) is 5.57. The van der Waals surface area contributed by atoms with Crippen molar-refractivity contribution in [3.05, 3.63) is 40.5 Å². The van der Waals surface area contributed by atoms with Crippen LogP contribution in [-0.2, 0) is 4.79 Å². The van der Waals surface area contributed by atoms with Crippen LogP contribution in [0, 0.1) is 11.3 Å². The number of anilines is 1. The van der Waals surface area contributed by atoms with Gasteiger partial charge in [0, 0.05) is 29.4 Å². The molecule has 0 unspecified atom stereocenters. The fourth-order valence-electron chi connectivity index (χ4n) is 1.87. The van der Waals surface area contributed by atoms with Crippen LogP contribution in [-0.4, -0.2) is 23.9 Å². The Labute approximate surface area is 134 Å². The Morgan fingerprint density at radius 2 is 1.86 bits per heavy atom. The summed E-state index contributed by atoms with van der Waals surface area (Å²) in [5.74, 6) is -0.378. The average molecular weight is 350 g/mol. The zero-order chi connectivity index (χ0) is 15.7. The predicted octanol–water partition coefficient (Wildman–Crippen LogP) is 3.92. The molecule has 0 bridgehead atoms. The quantitative estimate of drug-likeness (QED) is 0.599. The molecule has 1 amide bonds. The fraction of sp³-hybridized carbons (Fsp3) is 0.375. The number of benzene rings is 1. The first kappa shape index (κ1) is 17.3. The number of rotatable bonds is 7. The number of hydrogen-bond acceptors (Lipinski definition) is 3. The minimum atomic E-state index is -0.378. The molecule has 1 N–H and O–H groups in total. The summed E-state index contributed by atoms with van der Waals surface area (Å²) in [4.78, 5) is 14.1. The SMILES string of the molecule is CCCN(/C=C(/C#N)C(=O)Nc1ccc(Br)cc1)CCC. The second kappa shape index (κ2) is 9.19. The van der Waals surface area contributed by atoms with Crippen LogP contribution < -0.4 is 5.32 Å². The minimum Gasteiger partial charge on any atom is -0.376 e. The van der Waals surface area contributed by atoms with Crippen molar-refractivity contribution >= 4 is 27.5 Å². The lowest BCUT2D eigenvalue weighted by molar-refractivity contribution is -0.112. The number of nitrogens with zero attached hydrogens (tertiary/aromatic N) is 2. The number of carbonyl (C=O) groups is 1. The Hall–Kier alpha value is -1.80. The zero-order valence-corrected chi connectivity index (χ0v) is 14.0. The van der Waals surface area contributed by atoms with E-state index in [1.54, 1.807) is 18.3 Å². The lowest BCUT2D eigenvalue weighted by atomic mass is 10.2. The van der Waals surface area contributed by atoms with Gasteiger partial charge in [-0.25, -0.2) is 0 Å². The molecule has 0 radical (unpaired) electrons. The molecule has 0 aliphatic carbocycles. The number of nitriles is 1. The summed E-state index contributed by atoms with van der Waals surface area (Å²) in [6.07, 6.45) is 3.61. The summed E-state index contributed by atoms with van der Waals surface area (Å²) in [7, 11) is 0. The maximum atomic E-state index is 12.1. The third-order valence-electron chi connectivity index (χ3n) is 2.80. The van der Waals surface area contributed by atoms with Gasteiger partial charge >= 0.3 is 0 Å². The molecule has 0 fully saturated rings. The highest BCUT2D eigenvalue weighted by molar-refractivity contribution is 9.10. The van der Waals surface area contributed by atoms with E-state index in [-0.39, 0.29) is 11.5 Å². The van der Waals surface area contributed by atoms with Crippen molar-refractivity contribution < 1.29 is 4.79 Å². The molecular weight excluding hydrogens is 330 g/mol. The normalized spacial score (nSPS) is 10.9. The first-order chi connectivity index (χ1) is 10.1. The Bertz CT molecular complexity index is 525. The molecule has 0 atom stereocenters. The van der Waals surface area contributed by atoms with Gasteiger partial charge in [-0.15, -0.1) is 0 Å².